The summed E-state index contributed by atoms with van der Waals surface area (Å²) in [6.07, 6.45) is 0. The van der Waals surface area contributed by atoms with Crippen LogP contribution in [-0.2, 0) is 15.8 Å². The van der Waals surface area contributed by atoms with Gasteiger partial charge < -0.3 is 10.3 Å². The number of sulfonamides is 1. The zero-order chi connectivity index (χ0) is 14.9. The summed E-state index contributed by atoms with van der Waals surface area (Å²) in [4.78, 5) is 0. The molecule has 0 spiro atoms. The second-order valence-corrected chi connectivity index (χ2v) is 6.48. The van der Waals surface area contributed by atoms with E-state index in [2.05, 4.69) is 9.88 Å². The fourth-order valence-electron chi connectivity index (χ4n) is 1.89. The lowest BCUT2D eigenvalue weighted by Crippen LogP contribution is -2.17. The van der Waals surface area contributed by atoms with Crippen LogP contribution < -0.4 is 10.5 Å². The molecule has 0 atom stereocenters. The minimum absolute atomic E-state index is 0.238. The number of nitrogens with one attached hydrogen (secondary N) is 1. The Morgan fingerprint density at radius 3 is 2.60 bits per heavy atom. The first-order valence-electron chi connectivity index (χ1n) is 6.07. The van der Waals surface area contributed by atoms with Gasteiger partial charge in [-0.15, -0.1) is 0 Å². The van der Waals surface area contributed by atoms with E-state index in [1.165, 1.54) is 0 Å². The fraction of sp³-hybridized carbons (Fsp3) is 0.308. The number of anilines is 2. The highest BCUT2D eigenvalue weighted by molar-refractivity contribution is 7.91. The Hall–Kier alpha value is -2.02. The quantitative estimate of drug-likeness (QED) is 0.842. The minimum Gasteiger partial charge on any atom is -0.398 e. The number of aryl methyl sites for hydroxylation is 2. The smallest absolute Gasteiger partial charge is 0.238 e. The van der Waals surface area contributed by atoms with E-state index in [-0.39, 0.29) is 5.75 Å². The molecule has 0 amide bonds. The molecule has 0 aliphatic rings. The number of aromatic nitrogens is 1. The molecular weight excluding hydrogens is 278 g/mol. The molecule has 6 nitrogen and oxygen atoms in total. The van der Waals surface area contributed by atoms with Gasteiger partial charge in [0.1, 0.15) is 17.2 Å². The van der Waals surface area contributed by atoms with Crippen molar-refractivity contribution in [2.75, 3.05) is 10.5 Å². The maximum atomic E-state index is 12.2. The molecule has 7 heteroatoms. The van der Waals surface area contributed by atoms with Gasteiger partial charge in [0.2, 0.25) is 10.0 Å². The molecule has 1 aromatic heterocycles. The van der Waals surface area contributed by atoms with Gasteiger partial charge >= 0.3 is 0 Å². The molecule has 3 N–H and O–H groups in total. The lowest BCUT2D eigenvalue weighted by atomic mass is 10.1. The van der Waals surface area contributed by atoms with Crippen LogP contribution in [0.3, 0.4) is 0 Å². The third-order valence-electron chi connectivity index (χ3n) is 2.99. The molecule has 0 radical (unpaired) electrons. The van der Waals surface area contributed by atoms with Gasteiger partial charge in [0.05, 0.1) is 5.69 Å². The molecule has 0 saturated heterocycles. The van der Waals surface area contributed by atoms with Crippen LogP contribution in [0.1, 0.15) is 22.6 Å². The third kappa shape index (κ3) is 3.11. The Kier molecular flexibility index (Phi) is 3.71. The van der Waals surface area contributed by atoms with E-state index in [0.717, 1.165) is 5.56 Å². The highest BCUT2D eigenvalue weighted by atomic mass is 32.2. The molecule has 2 rings (SSSR count). The summed E-state index contributed by atoms with van der Waals surface area (Å²) in [6, 6.07) is 5.13. The van der Waals surface area contributed by atoms with E-state index in [1.807, 2.05) is 6.92 Å². The summed E-state index contributed by atoms with van der Waals surface area (Å²) in [5.41, 5.74) is 8.77. The molecule has 1 aromatic carbocycles. The SMILES string of the molecule is Cc1cc(CS(=O)(=O)Nc2c(C)ccc(N)c2C)no1. The van der Waals surface area contributed by atoms with Gasteiger partial charge in [0, 0.05) is 11.8 Å². The highest BCUT2D eigenvalue weighted by Gasteiger charge is 2.17. The van der Waals surface area contributed by atoms with Gasteiger partial charge in [0.15, 0.2) is 0 Å². The molecular formula is C13H17N3O3S. The van der Waals surface area contributed by atoms with Crippen LogP contribution in [0.2, 0.25) is 0 Å². The Bertz CT molecular complexity index is 735. The summed E-state index contributed by atoms with van der Waals surface area (Å²) >= 11 is 0. The van der Waals surface area contributed by atoms with Crippen LogP contribution in [0, 0.1) is 20.8 Å². The van der Waals surface area contributed by atoms with Crippen molar-refractivity contribution >= 4 is 21.4 Å². The van der Waals surface area contributed by atoms with Crippen molar-refractivity contribution in [2.45, 2.75) is 26.5 Å². The van der Waals surface area contributed by atoms with Crippen molar-refractivity contribution in [3.8, 4) is 0 Å². The van der Waals surface area contributed by atoms with Gasteiger partial charge in [0.25, 0.3) is 0 Å². The van der Waals surface area contributed by atoms with Crippen molar-refractivity contribution in [3.05, 3.63) is 40.8 Å². The van der Waals surface area contributed by atoms with Crippen LogP contribution in [0.15, 0.2) is 22.7 Å². The molecule has 1 heterocycles. The highest BCUT2D eigenvalue weighted by Crippen LogP contribution is 2.26. The third-order valence-corrected chi connectivity index (χ3v) is 4.18. The normalized spacial score (nSPS) is 11.6. The van der Waals surface area contributed by atoms with Crippen molar-refractivity contribution in [1.82, 2.24) is 5.16 Å². The monoisotopic (exact) mass is 295 g/mol. The van der Waals surface area contributed by atoms with Gasteiger partial charge in [-0.2, -0.15) is 0 Å². The Labute approximate surface area is 118 Å². The average Bonchev–Trinajstić information content (AvgIpc) is 2.74. The molecule has 0 unspecified atom stereocenters. The second kappa shape index (κ2) is 5.16. The van der Waals surface area contributed by atoms with E-state index >= 15 is 0 Å². The summed E-state index contributed by atoms with van der Waals surface area (Å²) < 4.78 is 31.8. The number of nitrogen functional groups attached to an aromatic ring is 1. The van der Waals surface area contributed by atoms with Crippen LogP contribution in [0.25, 0.3) is 0 Å². The fourth-order valence-corrected chi connectivity index (χ4v) is 3.12. The molecule has 0 fully saturated rings. The van der Waals surface area contributed by atoms with Gasteiger partial charge in [-0.3, -0.25) is 4.72 Å². The van der Waals surface area contributed by atoms with Gasteiger partial charge in [-0.1, -0.05) is 11.2 Å². The lowest BCUT2D eigenvalue weighted by molar-refractivity contribution is 0.392. The first-order chi connectivity index (χ1) is 9.28. The molecule has 0 aliphatic carbocycles. The zero-order valence-electron chi connectivity index (χ0n) is 11.6. The Morgan fingerprint density at radius 1 is 1.30 bits per heavy atom. The molecule has 0 saturated carbocycles. The van der Waals surface area contributed by atoms with E-state index < -0.39 is 10.0 Å². The predicted molar refractivity (Wildman–Crippen MR) is 77.8 cm³/mol. The van der Waals surface area contributed by atoms with Crippen molar-refractivity contribution in [3.63, 3.8) is 0 Å². The summed E-state index contributed by atoms with van der Waals surface area (Å²) in [6.45, 7) is 5.31. The van der Waals surface area contributed by atoms with Crippen LogP contribution >= 0.6 is 0 Å². The van der Waals surface area contributed by atoms with Crippen LogP contribution in [-0.4, -0.2) is 13.6 Å². The predicted octanol–water partition coefficient (Wildman–Crippen LogP) is 2.12. The number of hydrogen-bond donors (Lipinski definition) is 2. The first kappa shape index (κ1) is 14.4. The van der Waals surface area contributed by atoms with Crippen molar-refractivity contribution < 1.29 is 12.9 Å². The summed E-state index contributed by atoms with van der Waals surface area (Å²) in [5.74, 6) is 0.337. The minimum atomic E-state index is -3.56. The van der Waals surface area contributed by atoms with Crippen molar-refractivity contribution in [2.24, 2.45) is 0 Å². The Balaban J connectivity index is 2.27. The van der Waals surface area contributed by atoms with Crippen molar-refractivity contribution in [1.29, 1.82) is 0 Å². The van der Waals surface area contributed by atoms with Crippen LogP contribution in [0.4, 0.5) is 11.4 Å². The number of nitrogens with two attached hydrogens (primary N) is 1. The van der Waals surface area contributed by atoms with E-state index in [4.69, 9.17) is 10.3 Å². The van der Waals surface area contributed by atoms with E-state index in [1.54, 1.807) is 32.0 Å². The first-order valence-corrected chi connectivity index (χ1v) is 7.72. The number of rotatable bonds is 4. The summed E-state index contributed by atoms with van der Waals surface area (Å²) in [7, 11) is -3.56. The van der Waals surface area contributed by atoms with Gasteiger partial charge in [-0.25, -0.2) is 8.42 Å². The molecule has 0 bridgehead atoms. The molecule has 108 valence electrons. The number of nitrogens with zero attached hydrogens (tertiary/aromatic N) is 1. The van der Waals surface area contributed by atoms with Gasteiger partial charge in [-0.05, 0) is 38.0 Å². The Morgan fingerprint density at radius 2 is 2.00 bits per heavy atom. The maximum Gasteiger partial charge on any atom is 0.238 e. The van der Waals surface area contributed by atoms with E-state index in [0.29, 0.717) is 28.4 Å². The van der Waals surface area contributed by atoms with Crippen LogP contribution in [0.5, 0.6) is 0 Å². The van der Waals surface area contributed by atoms with E-state index in [9.17, 15) is 8.42 Å². The standard InChI is InChI=1S/C13H17N3O3S/c1-8-4-5-12(14)10(3)13(8)16-20(17,18)7-11-6-9(2)19-15-11/h4-6,16H,7,14H2,1-3H3. The number of benzene rings is 1. The maximum absolute atomic E-state index is 12.2. The average molecular weight is 295 g/mol. The largest absolute Gasteiger partial charge is 0.398 e. The molecule has 20 heavy (non-hydrogen) atoms. The zero-order valence-corrected chi connectivity index (χ0v) is 12.4. The number of hydrogen-bond acceptors (Lipinski definition) is 5. The second-order valence-electron chi connectivity index (χ2n) is 4.76. The summed E-state index contributed by atoms with van der Waals surface area (Å²) in [5, 5.41) is 3.69. The molecule has 2 aromatic rings. The topological polar surface area (TPSA) is 98.2 Å². The lowest BCUT2D eigenvalue weighted by Gasteiger charge is -2.14. The molecule has 0 aliphatic heterocycles.